The highest BCUT2D eigenvalue weighted by atomic mass is 127. The molecule has 0 spiro atoms. The first-order valence-corrected chi connectivity index (χ1v) is 10.6. The van der Waals surface area contributed by atoms with E-state index in [-0.39, 0.29) is 35.6 Å². The number of rotatable bonds is 3. The molecule has 2 aliphatic heterocycles. The fourth-order valence-electron chi connectivity index (χ4n) is 3.40. The van der Waals surface area contributed by atoms with E-state index in [0.717, 1.165) is 31.9 Å². The van der Waals surface area contributed by atoms with Crippen molar-refractivity contribution in [3.63, 3.8) is 0 Å². The fourth-order valence-corrected chi connectivity index (χ4v) is 5.25. The second kappa shape index (κ2) is 8.70. The summed E-state index contributed by atoms with van der Waals surface area (Å²) in [5.74, 6) is 1.67. The van der Waals surface area contributed by atoms with E-state index in [1.807, 2.05) is 0 Å². The molecule has 140 valence electrons. The molecule has 3 rings (SSSR count). The van der Waals surface area contributed by atoms with E-state index in [1.54, 1.807) is 0 Å². The molecule has 0 saturated carbocycles. The van der Waals surface area contributed by atoms with Gasteiger partial charge in [-0.15, -0.1) is 24.0 Å². The van der Waals surface area contributed by atoms with Gasteiger partial charge in [0, 0.05) is 25.7 Å². The molecule has 0 radical (unpaired) electrons. The van der Waals surface area contributed by atoms with Gasteiger partial charge in [0.25, 0.3) is 0 Å². The molecule has 2 aliphatic rings. The first-order valence-electron chi connectivity index (χ1n) is 8.76. The van der Waals surface area contributed by atoms with Crippen LogP contribution in [0.15, 0.2) is 29.3 Å². The summed E-state index contributed by atoms with van der Waals surface area (Å²) in [5.41, 5.74) is 2.77. The van der Waals surface area contributed by atoms with Crippen molar-refractivity contribution in [2.24, 2.45) is 10.9 Å². The summed E-state index contributed by atoms with van der Waals surface area (Å²) in [6.07, 6.45) is 1.76. The maximum atomic E-state index is 11.6. The topological polar surface area (TPSA) is 61.8 Å². The number of guanidine groups is 1. The van der Waals surface area contributed by atoms with E-state index >= 15 is 0 Å². The third kappa shape index (κ3) is 5.57. The van der Waals surface area contributed by atoms with Crippen LogP contribution in [0.3, 0.4) is 0 Å². The van der Waals surface area contributed by atoms with Crippen LogP contribution in [0.4, 0.5) is 0 Å². The number of aliphatic imine (C=N–C) groups is 1. The van der Waals surface area contributed by atoms with Gasteiger partial charge in [0.05, 0.1) is 11.5 Å². The van der Waals surface area contributed by atoms with Crippen molar-refractivity contribution in [2.75, 3.05) is 24.6 Å². The molecule has 5 nitrogen and oxygen atoms in total. The highest BCUT2D eigenvalue weighted by Gasteiger charge is 2.28. The Morgan fingerprint density at radius 1 is 1.32 bits per heavy atom. The van der Waals surface area contributed by atoms with Crippen molar-refractivity contribution in [1.29, 1.82) is 0 Å². The van der Waals surface area contributed by atoms with E-state index in [4.69, 9.17) is 4.99 Å². The van der Waals surface area contributed by atoms with E-state index in [2.05, 4.69) is 48.3 Å². The van der Waals surface area contributed by atoms with Gasteiger partial charge < -0.3 is 10.2 Å². The van der Waals surface area contributed by atoms with Crippen LogP contribution in [0.1, 0.15) is 31.4 Å². The molecule has 2 heterocycles. The number of sulfone groups is 1. The molecule has 1 aromatic rings. The molecular weight excluding hydrogens is 449 g/mol. The van der Waals surface area contributed by atoms with Gasteiger partial charge in [-0.05, 0) is 43.7 Å². The second-order valence-corrected chi connectivity index (χ2v) is 9.40. The number of nitrogens with zero attached hydrogens (tertiary/aromatic N) is 2. The average molecular weight is 477 g/mol. The van der Waals surface area contributed by atoms with Gasteiger partial charge in [-0.25, -0.2) is 8.42 Å². The van der Waals surface area contributed by atoms with E-state index < -0.39 is 9.84 Å². The molecule has 1 saturated heterocycles. The molecule has 25 heavy (non-hydrogen) atoms. The van der Waals surface area contributed by atoms with Gasteiger partial charge in [-0.3, -0.25) is 4.99 Å². The Morgan fingerprint density at radius 3 is 2.68 bits per heavy atom. The van der Waals surface area contributed by atoms with Crippen LogP contribution in [0.5, 0.6) is 0 Å². The van der Waals surface area contributed by atoms with Gasteiger partial charge in [0.2, 0.25) is 0 Å². The largest absolute Gasteiger partial charge is 0.354 e. The highest BCUT2D eigenvalue weighted by Crippen LogP contribution is 2.20. The lowest BCUT2D eigenvalue weighted by molar-refractivity contribution is 0.372. The van der Waals surface area contributed by atoms with Crippen LogP contribution in [-0.2, 0) is 22.8 Å². The fraction of sp³-hybridized carbons (Fsp3) is 0.611. The summed E-state index contributed by atoms with van der Waals surface area (Å²) in [7, 11) is -2.83. The van der Waals surface area contributed by atoms with Crippen molar-refractivity contribution < 1.29 is 8.42 Å². The van der Waals surface area contributed by atoms with Crippen LogP contribution < -0.4 is 5.32 Å². The third-order valence-corrected chi connectivity index (χ3v) is 6.51. The van der Waals surface area contributed by atoms with Gasteiger partial charge in [-0.1, -0.05) is 24.3 Å². The van der Waals surface area contributed by atoms with E-state index in [9.17, 15) is 8.42 Å². The Balaban J connectivity index is 0.00000225. The monoisotopic (exact) mass is 477 g/mol. The molecule has 0 aliphatic carbocycles. The lowest BCUT2D eigenvalue weighted by atomic mass is 10.0. The zero-order chi connectivity index (χ0) is 17.2. The van der Waals surface area contributed by atoms with Crippen molar-refractivity contribution in [1.82, 2.24) is 10.2 Å². The Morgan fingerprint density at radius 2 is 2.04 bits per heavy atom. The number of hydrogen-bond donors (Lipinski definition) is 1. The molecule has 1 atom stereocenters. The molecular formula is C18H28IN3O2S. The van der Waals surface area contributed by atoms with Crippen LogP contribution in [0, 0.1) is 5.92 Å². The Bertz CT molecular complexity index is 719. The Hall–Kier alpha value is -0.830. The summed E-state index contributed by atoms with van der Waals surface area (Å²) in [6.45, 7) is 6.60. The quantitative estimate of drug-likeness (QED) is 0.413. The number of fused-ring (bicyclic) bond motifs is 1. The maximum Gasteiger partial charge on any atom is 0.194 e. The predicted octanol–water partition coefficient (Wildman–Crippen LogP) is 2.45. The molecule has 1 unspecified atom stereocenters. The lowest BCUT2D eigenvalue weighted by Gasteiger charge is -2.33. The second-order valence-electron chi connectivity index (χ2n) is 7.17. The first kappa shape index (κ1) is 20.5. The molecule has 1 N–H and O–H groups in total. The molecule has 0 amide bonds. The first-order chi connectivity index (χ1) is 11.4. The summed E-state index contributed by atoms with van der Waals surface area (Å²) < 4.78 is 23.3. The summed E-state index contributed by atoms with van der Waals surface area (Å²) >= 11 is 0. The standard InChI is InChI=1S/C18H27N3O2S.HI/c1-14(2)20-18(19-11-15-8-10-24(22,23)13-15)21-9-7-16-5-3-4-6-17(16)12-21;/h3-6,14-15H,7-13H2,1-2H3,(H,19,20);1H. The zero-order valence-electron chi connectivity index (χ0n) is 14.9. The van der Waals surface area contributed by atoms with Crippen molar-refractivity contribution in [2.45, 2.75) is 39.3 Å². The van der Waals surface area contributed by atoms with Gasteiger partial charge in [-0.2, -0.15) is 0 Å². The van der Waals surface area contributed by atoms with Gasteiger partial charge >= 0.3 is 0 Å². The molecule has 0 bridgehead atoms. The minimum atomic E-state index is -2.83. The molecule has 1 fully saturated rings. The molecule has 0 aromatic heterocycles. The number of hydrogen-bond acceptors (Lipinski definition) is 3. The zero-order valence-corrected chi connectivity index (χ0v) is 18.1. The SMILES string of the molecule is CC(C)NC(=NCC1CCS(=O)(=O)C1)N1CCc2ccccc2C1.I. The molecule has 1 aromatic carbocycles. The van der Waals surface area contributed by atoms with E-state index in [1.165, 1.54) is 11.1 Å². The van der Waals surface area contributed by atoms with Crippen LogP contribution in [0.2, 0.25) is 0 Å². The van der Waals surface area contributed by atoms with Crippen molar-refractivity contribution in [3.8, 4) is 0 Å². The maximum absolute atomic E-state index is 11.6. The van der Waals surface area contributed by atoms with Crippen LogP contribution in [0.25, 0.3) is 0 Å². The third-order valence-electron chi connectivity index (χ3n) is 4.67. The van der Waals surface area contributed by atoms with Crippen molar-refractivity contribution in [3.05, 3.63) is 35.4 Å². The Kier molecular flexibility index (Phi) is 7.13. The smallest absolute Gasteiger partial charge is 0.194 e. The molecule has 7 heteroatoms. The van der Waals surface area contributed by atoms with Gasteiger partial charge in [0.1, 0.15) is 0 Å². The minimum Gasteiger partial charge on any atom is -0.354 e. The summed E-state index contributed by atoms with van der Waals surface area (Å²) in [5, 5.41) is 3.45. The normalized spacial score (nSPS) is 22.4. The number of halogens is 1. The van der Waals surface area contributed by atoms with Crippen LogP contribution >= 0.6 is 24.0 Å². The predicted molar refractivity (Wildman–Crippen MR) is 113 cm³/mol. The summed E-state index contributed by atoms with van der Waals surface area (Å²) in [6, 6.07) is 8.85. The summed E-state index contributed by atoms with van der Waals surface area (Å²) in [4.78, 5) is 7.06. The van der Waals surface area contributed by atoms with Gasteiger partial charge in [0.15, 0.2) is 15.8 Å². The Labute approximate surface area is 168 Å². The number of nitrogens with one attached hydrogen (secondary N) is 1. The highest BCUT2D eigenvalue weighted by molar-refractivity contribution is 14.0. The lowest BCUT2D eigenvalue weighted by Crippen LogP contribution is -2.46. The van der Waals surface area contributed by atoms with Crippen LogP contribution in [-0.4, -0.2) is 49.9 Å². The minimum absolute atomic E-state index is 0. The van der Waals surface area contributed by atoms with Crippen molar-refractivity contribution >= 4 is 39.8 Å². The van der Waals surface area contributed by atoms with E-state index in [0.29, 0.717) is 18.3 Å². The average Bonchev–Trinajstić information content (AvgIpc) is 2.90. The number of benzene rings is 1.